The number of hydrogen-bond donors (Lipinski definition) is 1. The van der Waals surface area contributed by atoms with E-state index in [1.807, 2.05) is 6.07 Å². The van der Waals surface area contributed by atoms with E-state index in [1.165, 1.54) is 18.4 Å². The fourth-order valence-electron chi connectivity index (χ4n) is 3.29. The largest absolute Gasteiger partial charge is 0.507 e. The Morgan fingerprint density at radius 2 is 2.00 bits per heavy atom. The summed E-state index contributed by atoms with van der Waals surface area (Å²) in [6.45, 7) is 6.74. The molecule has 3 heteroatoms. The van der Waals surface area contributed by atoms with Gasteiger partial charge in [0.2, 0.25) is 0 Å². The highest BCUT2D eigenvalue weighted by Gasteiger charge is 2.25. The van der Waals surface area contributed by atoms with Crippen LogP contribution in [0, 0.1) is 0 Å². The van der Waals surface area contributed by atoms with Gasteiger partial charge in [-0.3, -0.25) is 4.79 Å². The van der Waals surface area contributed by atoms with Crippen molar-refractivity contribution in [3.8, 4) is 5.75 Å². The van der Waals surface area contributed by atoms with Crippen molar-refractivity contribution in [2.45, 2.75) is 52.0 Å². The van der Waals surface area contributed by atoms with Crippen molar-refractivity contribution in [1.29, 1.82) is 0 Å². The summed E-state index contributed by atoms with van der Waals surface area (Å²) in [5, 5.41) is 10.1. The first-order valence-corrected chi connectivity index (χ1v) is 7.74. The van der Waals surface area contributed by atoms with Crippen LogP contribution < -0.4 is 0 Å². The molecule has 1 aromatic carbocycles. The molecule has 0 fully saturated rings. The van der Waals surface area contributed by atoms with Crippen molar-refractivity contribution < 1.29 is 9.90 Å². The highest BCUT2D eigenvalue weighted by Crippen LogP contribution is 2.32. The van der Waals surface area contributed by atoms with Gasteiger partial charge in [-0.1, -0.05) is 19.9 Å². The molecule has 1 N–H and O–H groups in total. The van der Waals surface area contributed by atoms with Gasteiger partial charge in [0.05, 0.1) is 5.56 Å². The van der Waals surface area contributed by atoms with E-state index in [1.54, 1.807) is 6.07 Å². The normalized spacial score (nSPS) is 18.1. The van der Waals surface area contributed by atoms with Crippen LogP contribution >= 0.6 is 0 Å². The summed E-state index contributed by atoms with van der Waals surface area (Å²) < 4.78 is 0. The minimum atomic E-state index is 0.202. The standard InChI is InChI=1S/C17H25NO2/c1-3-9-18(10-4-2)15-7-8-16-13(11-15)5-6-14(12-19)17(16)20/h5-6,12,15,20H,3-4,7-11H2,1-2H3/t15-/m0/s1. The molecule has 2 rings (SSSR count). The van der Waals surface area contributed by atoms with Crippen molar-refractivity contribution in [2.24, 2.45) is 0 Å². The van der Waals surface area contributed by atoms with Gasteiger partial charge in [0.25, 0.3) is 0 Å². The molecule has 0 bridgehead atoms. The van der Waals surface area contributed by atoms with E-state index < -0.39 is 0 Å². The van der Waals surface area contributed by atoms with Crippen molar-refractivity contribution in [3.05, 3.63) is 28.8 Å². The monoisotopic (exact) mass is 275 g/mol. The van der Waals surface area contributed by atoms with Crippen LogP contribution in [0.15, 0.2) is 12.1 Å². The molecule has 20 heavy (non-hydrogen) atoms. The van der Waals surface area contributed by atoms with E-state index in [4.69, 9.17) is 0 Å². The van der Waals surface area contributed by atoms with E-state index in [0.717, 1.165) is 44.2 Å². The van der Waals surface area contributed by atoms with Gasteiger partial charge < -0.3 is 10.0 Å². The Morgan fingerprint density at radius 1 is 1.30 bits per heavy atom. The van der Waals surface area contributed by atoms with Crippen molar-refractivity contribution >= 4 is 6.29 Å². The molecule has 0 aliphatic heterocycles. The van der Waals surface area contributed by atoms with Gasteiger partial charge in [0, 0.05) is 6.04 Å². The third-order valence-electron chi connectivity index (χ3n) is 4.26. The van der Waals surface area contributed by atoms with Gasteiger partial charge in [-0.15, -0.1) is 0 Å². The number of hydrogen-bond acceptors (Lipinski definition) is 3. The Morgan fingerprint density at radius 3 is 2.60 bits per heavy atom. The van der Waals surface area contributed by atoms with Crippen molar-refractivity contribution in [3.63, 3.8) is 0 Å². The molecule has 0 aromatic heterocycles. The lowest BCUT2D eigenvalue weighted by Gasteiger charge is -2.35. The number of fused-ring (bicyclic) bond motifs is 1. The smallest absolute Gasteiger partial charge is 0.153 e. The molecule has 1 aliphatic carbocycles. The third kappa shape index (κ3) is 3.04. The maximum Gasteiger partial charge on any atom is 0.153 e. The molecule has 110 valence electrons. The summed E-state index contributed by atoms with van der Waals surface area (Å²) in [7, 11) is 0. The summed E-state index contributed by atoms with van der Waals surface area (Å²) in [5.74, 6) is 0.202. The number of benzene rings is 1. The summed E-state index contributed by atoms with van der Waals surface area (Å²) in [6.07, 6.45) is 6.03. The van der Waals surface area contributed by atoms with E-state index in [0.29, 0.717) is 11.6 Å². The zero-order valence-electron chi connectivity index (χ0n) is 12.6. The van der Waals surface area contributed by atoms with Crippen LogP contribution in [-0.4, -0.2) is 35.4 Å². The lowest BCUT2D eigenvalue weighted by molar-refractivity contribution is 0.112. The number of carbonyl (C=O) groups excluding carboxylic acids is 1. The number of carbonyl (C=O) groups is 1. The maximum atomic E-state index is 10.9. The van der Waals surface area contributed by atoms with Gasteiger partial charge in [-0.25, -0.2) is 0 Å². The predicted octanol–water partition coefficient (Wildman–Crippen LogP) is 3.18. The second-order valence-corrected chi connectivity index (χ2v) is 5.69. The van der Waals surface area contributed by atoms with Gasteiger partial charge in [-0.2, -0.15) is 0 Å². The molecule has 3 nitrogen and oxygen atoms in total. The second-order valence-electron chi connectivity index (χ2n) is 5.69. The Labute approximate surface area is 121 Å². The summed E-state index contributed by atoms with van der Waals surface area (Å²) in [6, 6.07) is 4.33. The quantitative estimate of drug-likeness (QED) is 0.811. The maximum absolute atomic E-state index is 10.9. The van der Waals surface area contributed by atoms with Gasteiger partial charge in [0.15, 0.2) is 6.29 Å². The predicted molar refractivity (Wildman–Crippen MR) is 81.5 cm³/mol. The van der Waals surface area contributed by atoms with Crippen LogP contribution in [0.5, 0.6) is 5.75 Å². The number of nitrogens with zero attached hydrogens (tertiary/aromatic N) is 1. The zero-order valence-corrected chi connectivity index (χ0v) is 12.6. The molecule has 0 radical (unpaired) electrons. The minimum absolute atomic E-state index is 0.202. The topological polar surface area (TPSA) is 40.5 Å². The number of phenols is 1. The number of aromatic hydroxyl groups is 1. The highest BCUT2D eigenvalue weighted by atomic mass is 16.3. The summed E-state index contributed by atoms with van der Waals surface area (Å²) in [5.41, 5.74) is 2.61. The van der Waals surface area contributed by atoms with Crippen LogP contribution in [-0.2, 0) is 12.8 Å². The summed E-state index contributed by atoms with van der Waals surface area (Å²) >= 11 is 0. The molecular weight excluding hydrogens is 250 g/mol. The van der Waals surface area contributed by atoms with Crippen molar-refractivity contribution in [2.75, 3.05) is 13.1 Å². The second kappa shape index (κ2) is 6.89. The first-order chi connectivity index (χ1) is 9.71. The van der Waals surface area contributed by atoms with Crippen molar-refractivity contribution in [1.82, 2.24) is 4.90 Å². The molecule has 0 spiro atoms. The van der Waals surface area contributed by atoms with E-state index >= 15 is 0 Å². The number of phenolic OH excluding ortho intramolecular Hbond substituents is 1. The average molecular weight is 275 g/mol. The van der Waals surface area contributed by atoms with Gasteiger partial charge in [0.1, 0.15) is 5.75 Å². The molecule has 1 aromatic rings. The Hall–Kier alpha value is -1.35. The summed E-state index contributed by atoms with van der Waals surface area (Å²) in [4.78, 5) is 13.5. The molecule has 1 aliphatic rings. The number of aldehydes is 1. The van der Waals surface area contributed by atoms with Crippen LogP contribution in [0.3, 0.4) is 0 Å². The Bertz CT molecular complexity index is 464. The lowest BCUT2D eigenvalue weighted by atomic mass is 9.85. The molecule has 0 unspecified atom stereocenters. The van der Waals surface area contributed by atoms with Crippen LogP contribution in [0.2, 0.25) is 0 Å². The highest BCUT2D eigenvalue weighted by molar-refractivity contribution is 5.80. The first kappa shape index (κ1) is 15.0. The number of rotatable bonds is 6. The fourth-order valence-corrected chi connectivity index (χ4v) is 3.29. The van der Waals surface area contributed by atoms with E-state index in [2.05, 4.69) is 18.7 Å². The zero-order chi connectivity index (χ0) is 14.5. The van der Waals surface area contributed by atoms with E-state index in [9.17, 15) is 9.90 Å². The molecule has 0 saturated carbocycles. The molecule has 0 heterocycles. The lowest BCUT2D eigenvalue weighted by Crippen LogP contribution is -2.40. The van der Waals surface area contributed by atoms with E-state index in [-0.39, 0.29) is 5.75 Å². The SMILES string of the molecule is CCCN(CCC)[C@H]1CCc2c(ccc(C=O)c2O)C1. The molecule has 0 saturated heterocycles. The molecular formula is C17H25NO2. The van der Waals surface area contributed by atoms with Crippen LogP contribution in [0.4, 0.5) is 0 Å². The third-order valence-corrected chi connectivity index (χ3v) is 4.26. The van der Waals surface area contributed by atoms with Crippen LogP contribution in [0.25, 0.3) is 0 Å². The Kier molecular flexibility index (Phi) is 5.18. The fraction of sp³-hybridized carbons (Fsp3) is 0.588. The average Bonchev–Trinajstić information content (AvgIpc) is 2.47. The van der Waals surface area contributed by atoms with Crippen LogP contribution in [0.1, 0.15) is 54.6 Å². The Balaban J connectivity index is 2.18. The minimum Gasteiger partial charge on any atom is -0.507 e. The first-order valence-electron chi connectivity index (χ1n) is 7.74. The van der Waals surface area contributed by atoms with Gasteiger partial charge >= 0.3 is 0 Å². The molecule has 1 atom stereocenters. The van der Waals surface area contributed by atoms with Gasteiger partial charge in [-0.05, 0) is 62.4 Å². The molecule has 0 amide bonds.